The molecule has 2 aliphatic heterocycles. The average molecular weight is 528 g/mol. The lowest BCUT2D eigenvalue weighted by Crippen LogP contribution is -2.57. The number of fused-ring (bicyclic) bond motifs is 3. The average Bonchev–Trinajstić information content (AvgIpc) is 3.43. The summed E-state index contributed by atoms with van der Waals surface area (Å²) in [5.41, 5.74) is 2.54. The van der Waals surface area contributed by atoms with Crippen molar-refractivity contribution in [3.05, 3.63) is 54.1 Å². The second-order valence-corrected chi connectivity index (χ2v) is 10.0. The maximum absolute atomic E-state index is 13.0. The Labute approximate surface area is 217 Å². The number of piperidine rings is 1. The summed E-state index contributed by atoms with van der Waals surface area (Å²) in [6, 6.07) is 9.34. The van der Waals surface area contributed by atoms with Gasteiger partial charge in [-0.2, -0.15) is 23.4 Å². The van der Waals surface area contributed by atoms with Gasteiger partial charge >= 0.3 is 6.18 Å². The number of likely N-dealkylation sites (N-methyl/N-ethyl adjacent to an activating group) is 1. The number of nitrogens with one attached hydrogen (secondary N) is 1. The standard InChI is InChI=1S/C26H28F3N7O2/c1-15-6-21(22(12-30-15)38-20-8-18-13-37-14-19(9-20)34(18)2)16-4-5-36-17(7-16)10-24(33-36)31-25-11-23(26(27,28)29)32-35(25)3/h4-7,10-12,18-20H,8-9,13-14H2,1-3H3,(H,31,33)/t18-,19+,20?. The maximum Gasteiger partial charge on any atom is 0.435 e. The van der Waals surface area contributed by atoms with Crippen molar-refractivity contribution in [2.75, 3.05) is 25.6 Å². The summed E-state index contributed by atoms with van der Waals surface area (Å²) in [7, 11) is 3.60. The minimum absolute atomic E-state index is 0.0725. The fourth-order valence-corrected chi connectivity index (χ4v) is 5.26. The third-order valence-corrected chi connectivity index (χ3v) is 7.34. The summed E-state index contributed by atoms with van der Waals surface area (Å²) < 4.78 is 54.2. The predicted octanol–water partition coefficient (Wildman–Crippen LogP) is 4.44. The van der Waals surface area contributed by atoms with Crippen LogP contribution >= 0.6 is 0 Å². The number of ether oxygens (including phenoxy) is 2. The number of hydrogen-bond acceptors (Lipinski definition) is 7. The van der Waals surface area contributed by atoms with E-state index in [1.807, 2.05) is 31.3 Å². The number of morpholine rings is 1. The van der Waals surface area contributed by atoms with E-state index in [1.54, 1.807) is 16.8 Å². The van der Waals surface area contributed by atoms with E-state index in [0.29, 0.717) is 17.9 Å². The van der Waals surface area contributed by atoms with Gasteiger partial charge in [-0.25, -0.2) is 4.52 Å². The number of anilines is 2. The Kier molecular flexibility index (Phi) is 6.03. The Balaban J connectivity index is 1.26. The first kappa shape index (κ1) is 24.7. The SMILES string of the molecule is Cc1cc(-c2ccn3nc(Nc4cc(C(F)(F)F)nn4C)cc3c2)c(OC2C[C@H]3COC[C@@H](C2)N3C)cn1. The van der Waals surface area contributed by atoms with E-state index < -0.39 is 11.9 Å². The number of hydrogen-bond donors (Lipinski definition) is 1. The van der Waals surface area contributed by atoms with Crippen molar-refractivity contribution in [2.24, 2.45) is 7.05 Å². The molecule has 6 rings (SSSR count). The fourth-order valence-electron chi connectivity index (χ4n) is 5.26. The zero-order valence-electron chi connectivity index (χ0n) is 21.2. The van der Waals surface area contributed by atoms with E-state index in [4.69, 9.17) is 9.47 Å². The zero-order chi connectivity index (χ0) is 26.6. The molecule has 2 bridgehead atoms. The Morgan fingerprint density at radius 2 is 1.82 bits per heavy atom. The molecule has 0 spiro atoms. The van der Waals surface area contributed by atoms with Crippen LogP contribution in [0.5, 0.6) is 5.75 Å². The molecule has 2 aliphatic rings. The molecule has 2 fully saturated rings. The molecule has 6 heterocycles. The van der Waals surface area contributed by atoms with Crippen LogP contribution in [0.1, 0.15) is 24.2 Å². The summed E-state index contributed by atoms with van der Waals surface area (Å²) >= 11 is 0. The minimum Gasteiger partial charge on any atom is -0.488 e. The molecule has 200 valence electrons. The lowest BCUT2D eigenvalue weighted by atomic mass is 9.92. The van der Waals surface area contributed by atoms with Crippen molar-refractivity contribution >= 4 is 17.2 Å². The number of aryl methyl sites for hydroxylation is 2. The van der Waals surface area contributed by atoms with Crippen LogP contribution in [0, 0.1) is 6.92 Å². The topological polar surface area (TPSA) is 81.7 Å². The summed E-state index contributed by atoms with van der Waals surface area (Å²) in [5.74, 6) is 1.32. The molecule has 0 aromatic carbocycles. The number of alkyl halides is 3. The third kappa shape index (κ3) is 4.69. The summed E-state index contributed by atoms with van der Waals surface area (Å²) in [6.07, 6.45) is 0.930. The van der Waals surface area contributed by atoms with Crippen molar-refractivity contribution in [2.45, 2.75) is 44.1 Å². The largest absolute Gasteiger partial charge is 0.488 e. The second-order valence-electron chi connectivity index (χ2n) is 10.0. The van der Waals surface area contributed by atoms with E-state index in [9.17, 15) is 13.2 Å². The quantitative estimate of drug-likeness (QED) is 0.411. The first-order valence-corrected chi connectivity index (χ1v) is 12.4. The van der Waals surface area contributed by atoms with Crippen molar-refractivity contribution in [3.63, 3.8) is 0 Å². The number of nitrogens with zero attached hydrogens (tertiary/aromatic N) is 6. The van der Waals surface area contributed by atoms with E-state index in [1.165, 1.54) is 7.05 Å². The van der Waals surface area contributed by atoms with Crippen LogP contribution in [0.25, 0.3) is 16.6 Å². The van der Waals surface area contributed by atoms with Crippen molar-refractivity contribution in [1.82, 2.24) is 29.3 Å². The molecule has 0 saturated carbocycles. The highest BCUT2D eigenvalue weighted by Gasteiger charge is 2.38. The molecular formula is C26H28F3N7O2. The van der Waals surface area contributed by atoms with Crippen molar-refractivity contribution in [3.8, 4) is 16.9 Å². The van der Waals surface area contributed by atoms with E-state index in [-0.39, 0.29) is 11.9 Å². The normalized spacial score (nSPS) is 22.1. The van der Waals surface area contributed by atoms with Gasteiger partial charge in [-0.3, -0.25) is 14.6 Å². The Hall–Kier alpha value is -3.64. The lowest BCUT2D eigenvalue weighted by Gasteiger charge is -2.46. The van der Waals surface area contributed by atoms with Gasteiger partial charge in [0.25, 0.3) is 0 Å². The first-order valence-electron chi connectivity index (χ1n) is 12.4. The molecule has 12 heteroatoms. The Bertz CT molecular complexity index is 1470. The first-order chi connectivity index (χ1) is 18.1. The lowest BCUT2D eigenvalue weighted by molar-refractivity contribution is -0.141. The molecule has 9 nitrogen and oxygen atoms in total. The van der Waals surface area contributed by atoms with Crippen LogP contribution in [0.4, 0.5) is 24.8 Å². The molecular weight excluding hydrogens is 499 g/mol. The Morgan fingerprint density at radius 1 is 1.05 bits per heavy atom. The van der Waals surface area contributed by atoms with Gasteiger partial charge in [0.05, 0.1) is 24.9 Å². The molecule has 4 aromatic heterocycles. The number of aromatic nitrogens is 5. The molecule has 3 atom stereocenters. The van der Waals surface area contributed by atoms with Gasteiger partial charge in [-0.1, -0.05) is 0 Å². The van der Waals surface area contributed by atoms with Crippen LogP contribution in [0.2, 0.25) is 0 Å². The summed E-state index contributed by atoms with van der Waals surface area (Å²) in [5, 5.41) is 10.9. The van der Waals surface area contributed by atoms with Gasteiger partial charge in [0, 0.05) is 61.6 Å². The highest BCUT2D eigenvalue weighted by Crippen LogP contribution is 2.36. The van der Waals surface area contributed by atoms with Crippen molar-refractivity contribution in [1.29, 1.82) is 0 Å². The number of halogens is 3. The van der Waals surface area contributed by atoms with Gasteiger partial charge in [-0.15, -0.1) is 0 Å². The minimum atomic E-state index is -4.52. The third-order valence-electron chi connectivity index (χ3n) is 7.34. The molecule has 1 N–H and O–H groups in total. The van der Waals surface area contributed by atoms with Gasteiger partial charge in [0.1, 0.15) is 17.7 Å². The van der Waals surface area contributed by atoms with Gasteiger partial charge in [0.15, 0.2) is 11.5 Å². The van der Waals surface area contributed by atoms with Crippen LogP contribution in [0.15, 0.2) is 42.7 Å². The van der Waals surface area contributed by atoms with Crippen molar-refractivity contribution < 1.29 is 22.6 Å². The predicted molar refractivity (Wildman–Crippen MR) is 134 cm³/mol. The monoisotopic (exact) mass is 527 g/mol. The highest BCUT2D eigenvalue weighted by molar-refractivity contribution is 5.75. The fraction of sp³-hybridized carbons (Fsp3) is 0.423. The second kappa shape index (κ2) is 9.28. The van der Waals surface area contributed by atoms with Gasteiger partial charge < -0.3 is 14.8 Å². The van der Waals surface area contributed by atoms with E-state index in [2.05, 4.69) is 32.4 Å². The smallest absolute Gasteiger partial charge is 0.435 e. The number of pyridine rings is 2. The molecule has 0 radical (unpaired) electrons. The summed E-state index contributed by atoms with van der Waals surface area (Å²) in [4.78, 5) is 6.88. The zero-order valence-corrected chi connectivity index (χ0v) is 21.2. The maximum atomic E-state index is 13.0. The molecule has 38 heavy (non-hydrogen) atoms. The van der Waals surface area contributed by atoms with Crippen LogP contribution < -0.4 is 10.1 Å². The van der Waals surface area contributed by atoms with E-state index >= 15 is 0 Å². The highest BCUT2D eigenvalue weighted by atomic mass is 19.4. The molecule has 0 aliphatic carbocycles. The van der Waals surface area contributed by atoms with Crippen LogP contribution in [0.3, 0.4) is 0 Å². The molecule has 1 unspecified atom stereocenters. The Morgan fingerprint density at radius 3 is 2.53 bits per heavy atom. The molecule has 0 amide bonds. The molecule has 2 saturated heterocycles. The summed E-state index contributed by atoms with van der Waals surface area (Å²) in [6.45, 7) is 3.37. The molecule has 4 aromatic rings. The van der Waals surface area contributed by atoms with Gasteiger partial charge in [0.2, 0.25) is 0 Å². The van der Waals surface area contributed by atoms with E-state index in [0.717, 1.165) is 64.9 Å². The van der Waals surface area contributed by atoms with Crippen LogP contribution in [-0.2, 0) is 18.0 Å². The van der Waals surface area contributed by atoms with Gasteiger partial charge in [-0.05, 0) is 37.7 Å². The number of rotatable bonds is 5. The van der Waals surface area contributed by atoms with Crippen LogP contribution in [-0.4, -0.2) is 67.7 Å².